The van der Waals surface area contributed by atoms with Crippen molar-refractivity contribution in [2.24, 2.45) is 0 Å². The molecule has 1 saturated heterocycles. The molecule has 2 fully saturated rings. The predicted octanol–water partition coefficient (Wildman–Crippen LogP) is 1.78. The molecule has 0 aromatic carbocycles. The molecule has 2 heteroatoms. The van der Waals surface area contributed by atoms with Crippen molar-refractivity contribution < 1.29 is 5.11 Å². The van der Waals surface area contributed by atoms with Crippen molar-refractivity contribution >= 4 is 0 Å². The molecule has 1 aliphatic carbocycles. The highest BCUT2D eigenvalue weighted by Gasteiger charge is 2.41. The van der Waals surface area contributed by atoms with Gasteiger partial charge in [0.25, 0.3) is 0 Å². The number of aliphatic hydroxyl groups is 1. The van der Waals surface area contributed by atoms with Crippen LogP contribution in [0.15, 0.2) is 0 Å². The summed E-state index contributed by atoms with van der Waals surface area (Å²) in [6, 6.07) is 0. The highest BCUT2D eigenvalue weighted by molar-refractivity contribution is 4.97. The first kappa shape index (κ1) is 9.47. The molecule has 1 N–H and O–H groups in total. The third kappa shape index (κ3) is 1.75. The van der Waals surface area contributed by atoms with Gasteiger partial charge in [-0.05, 0) is 45.2 Å². The summed E-state index contributed by atoms with van der Waals surface area (Å²) in [6.45, 7) is 2.83. The fourth-order valence-corrected chi connectivity index (χ4v) is 2.70. The molecule has 1 aliphatic heterocycles. The van der Waals surface area contributed by atoms with Crippen molar-refractivity contribution in [2.45, 2.75) is 50.5 Å². The molecule has 0 amide bonds. The Labute approximate surface area is 80.9 Å². The van der Waals surface area contributed by atoms with Crippen LogP contribution in [-0.2, 0) is 0 Å². The maximum Gasteiger partial charge on any atom is 0.0615 e. The van der Waals surface area contributed by atoms with Crippen LogP contribution in [0.2, 0.25) is 0 Å². The predicted molar refractivity (Wildman–Crippen MR) is 53.7 cm³/mol. The molecular weight excluding hydrogens is 162 g/mol. The molecule has 1 heterocycles. The van der Waals surface area contributed by atoms with E-state index in [-0.39, 0.29) is 5.54 Å². The maximum atomic E-state index is 9.44. The summed E-state index contributed by atoms with van der Waals surface area (Å²) in [5.41, 5.74) is 0.213. The minimum absolute atomic E-state index is 0.213. The van der Waals surface area contributed by atoms with Gasteiger partial charge in [-0.1, -0.05) is 12.8 Å². The smallest absolute Gasteiger partial charge is 0.0615 e. The minimum atomic E-state index is 0.213. The van der Waals surface area contributed by atoms with Crippen LogP contribution in [0.4, 0.5) is 0 Å². The first-order valence-corrected chi connectivity index (χ1v) is 5.73. The van der Waals surface area contributed by atoms with Crippen LogP contribution < -0.4 is 0 Å². The van der Waals surface area contributed by atoms with Gasteiger partial charge >= 0.3 is 0 Å². The van der Waals surface area contributed by atoms with Gasteiger partial charge in [0.1, 0.15) is 0 Å². The van der Waals surface area contributed by atoms with E-state index < -0.39 is 0 Å². The molecular formula is C11H21NO. The fourth-order valence-electron chi connectivity index (χ4n) is 2.70. The summed E-state index contributed by atoms with van der Waals surface area (Å²) in [5.74, 6) is 0. The van der Waals surface area contributed by atoms with E-state index in [2.05, 4.69) is 4.90 Å². The minimum Gasteiger partial charge on any atom is -0.394 e. The molecule has 1 saturated carbocycles. The summed E-state index contributed by atoms with van der Waals surface area (Å²) in [4.78, 5) is 2.56. The van der Waals surface area contributed by atoms with Crippen LogP contribution in [0, 0.1) is 0 Å². The molecule has 0 radical (unpaired) electrons. The quantitative estimate of drug-likeness (QED) is 0.705. The molecule has 0 bridgehead atoms. The SMILES string of the molecule is OCC1(N2CCCCCC2)CCC1. The van der Waals surface area contributed by atoms with E-state index in [1.165, 1.54) is 58.0 Å². The summed E-state index contributed by atoms with van der Waals surface area (Å²) in [5, 5.41) is 9.44. The van der Waals surface area contributed by atoms with Gasteiger partial charge in [0.05, 0.1) is 6.61 Å². The Bertz CT molecular complexity index is 152. The van der Waals surface area contributed by atoms with Gasteiger partial charge in [-0.2, -0.15) is 0 Å². The van der Waals surface area contributed by atoms with Crippen LogP contribution in [0.3, 0.4) is 0 Å². The number of likely N-dealkylation sites (tertiary alicyclic amines) is 1. The van der Waals surface area contributed by atoms with Crippen molar-refractivity contribution in [1.29, 1.82) is 0 Å². The van der Waals surface area contributed by atoms with Gasteiger partial charge in [0, 0.05) is 5.54 Å². The second-order valence-corrected chi connectivity index (χ2v) is 4.64. The van der Waals surface area contributed by atoms with Gasteiger partial charge in [0.15, 0.2) is 0 Å². The van der Waals surface area contributed by atoms with Crippen molar-refractivity contribution in [3.63, 3.8) is 0 Å². The summed E-state index contributed by atoms with van der Waals surface area (Å²) >= 11 is 0. The second kappa shape index (κ2) is 3.97. The number of hydrogen-bond acceptors (Lipinski definition) is 2. The highest BCUT2D eigenvalue weighted by Crippen LogP contribution is 2.38. The van der Waals surface area contributed by atoms with Crippen molar-refractivity contribution in [3.05, 3.63) is 0 Å². The highest BCUT2D eigenvalue weighted by atomic mass is 16.3. The second-order valence-electron chi connectivity index (χ2n) is 4.64. The van der Waals surface area contributed by atoms with Crippen molar-refractivity contribution in [2.75, 3.05) is 19.7 Å². The summed E-state index contributed by atoms with van der Waals surface area (Å²) in [7, 11) is 0. The third-order valence-electron chi connectivity index (χ3n) is 3.86. The molecule has 0 unspecified atom stereocenters. The third-order valence-corrected chi connectivity index (χ3v) is 3.86. The molecule has 0 spiro atoms. The average Bonchev–Trinajstić information content (AvgIpc) is 2.32. The van der Waals surface area contributed by atoms with Crippen LogP contribution in [0.25, 0.3) is 0 Å². The lowest BCUT2D eigenvalue weighted by molar-refractivity contribution is -0.0271. The molecule has 2 rings (SSSR count). The summed E-state index contributed by atoms with van der Waals surface area (Å²) in [6.07, 6.45) is 9.21. The molecule has 13 heavy (non-hydrogen) atoms. The zero-order chi connectivity index (χ0) is 9.15. The van der Waals surface area contributed by atoms with E-state index in [1.54, 1.807) is 0 Å². The van der Waals surface area contributed by atoms with Gasteiger partial charge < -0.3 is 5.11 Å². The number of aliphatic hydroxyl groups excluding tert-OH is 1. The Morgan fingerprint density at radius 2 is 1.54 bits per heavy atom. The van der Waals surface area contributed by atoms with Crippen LogP contribution in [0.1, 0.15) is 44.9 Å². The normalized spacial score (nSPS) is 29.3. The number of hydrogen-bond donors (Lipinski definition) is 1. The molecule has 2 aliphatic rings. The Morgan fingerprint density at radius 3 is 1.92 bits per heavy atom. The first-order chi connectivity index (χ1) is 6.37. The lowest BCUT2D eigenvalue weighted by Gasteiger charge is -2.49. The first-order valence-electron chi connectivity index (χ1n) is 5.73. The van der Waals surface area contributed by atoms with E-state index in [1.807, 2.05) is 0 Å². The Morgan fingerprint density at radius 1 is 0.923 bits per heavy atom. The Balaban J connectivity index is 1.95. The Kier molecular flexibility index (Phi) is 2.89. The molecule has 76 valence electrons. The largest absolute Gasteiger partial charge is 0.394 e. The van der Waals surface area contributed by atoms with Crippen molar-refractivity contribution in [3.8, 4) is 0 Å². The summed E-state index contributed by atoms with van der Waals surface area (Å²) < 4.78 is 0. The topological polar surface area (TPSA) is 23.5 Å². The van der Waals surface area contributed by atoms with E-state index in [0.29, 0.717) is 6.61 Å². The lowest BCUT2D eigenvalue weighted by Crippen LogP contribution is -2.56. The molecule has 0 aromatic rings. The lowest BCUT2D eigenvalue weighted by atomic mass is 9.76. The van der Waals surface area contributed by atoms with E-state index >= 15 is 0 Å². The fraction of sp³-hybridized carbons (Fsp3) is 1.00. The van der Waals surface area contributed by atoms with Gasteiger partial charge in [-0.3, -0.25) is 4.90 Å². The van der Waals surface area contributed by atoms with Crippen LogP contribution in [0.5, 0.6) is 0 Å². The maximum absolute atomic E-state index is 9.44. The molecule has 2 nitrogen and oxygen atoms in total. The Hall–Kier alpha value is -0.0800. The van der Waals surface area contributed by atoms with Gasteiger partial charge in [0.2, 0.25) is 0 Å². The standard InChI is InChI=1S/C11H21NO/c13-10-11(6-5-7-11)12-8-3-1-2-4-9-12/h13H,1-10H2. The number of rotatable bonds is 2. The van der Waals surface area contributed by atoms with Crippen molar-refractivity contribution in [1.82, 2.24) is 4.90 Å². The average molecular weight is 183 g/mol. The zero-order valence-electron chi connectivity index (χ0n) is 8.47. The molecule has 0 atom stereocenters. The molecule has 0 aromatic heterocycles. The zero-order valence-corrected chi connectivity index (χ0v) is 8.47. The van der Waals surface area contributed by atoms with Crippen LogP contribution in [-0.4, -0.2) is 35.2 Å². The van der Waals surface area contributed by atoms with E-state index in [0.717, 1.165) is 0 Å². The van der Waals surface area contributed by atoms with Crippen LogP contribution >= 0.6 is 0 Å². The van der Waals surface area contributed by atoms with Gasteiger partial charge in [-0.25, -0.2) is 0 Å². The van der Waals surface area contributed by atoms with E-state index in [4.69, 9.17) is 0 Å². The number of nitrogens with zero attached hydrogens (tertiary/aromatic N) is 1. The van der Waals surface area contributed by atoms with Gasteiger partial charge in [-0.15, -0.1) is 0 Å². The van der Waals surface area contributed by atoms with E-state index in [9.17, 15) is 5.11 Å². The monoisotopic (exact) mass is 183 g/mol.